The van der Waals surface area contributed by atoms with E-state index >= 15 is 0 Å². The molecule has 6 nitrogen and oxygen atoms in total. The minimum Gasteiger partial charge on any atom is -0.369 e. The number of benzene rings is 1. The van der Waals surface area contributed by atoms with Crippen LogP contribution in [0.2, 0.25) is 5.02 Å². The van der Waals surface area contributed by atoms with Crippen molar-refractivity contribution in [1.29, 1.82) is 0 Å². The van der Waals surface area contributed by atoms with Crippen molar-refractivity contribution >= 4 is 17.3 Å². The van der Waals surface area contributed by atoms with Crippen LogP contribution in [0.1, 0.15) is 24.4 Å². The molecule has 1 saturated heterocycles. The van der Waals surface area contributed by atoms with Crippen molar-refractivity contribution in [2.45, 2.75) is 25.1 Å². The van der Waals surface area contributed by atoms with Crippen molar-refractivity contribution < 1.29 is 13.2 Å². The van der Waals surface area contributed by atoms with Crippen LogP contribution in [0.25, 0.3) is 5.69 Å². The van der Waals surface area contributed by atoms with Gasteiger partial charge in [-0.1, -0.05) is 17.7 Å². The van der Waals surface area contributed by atoms with Crippen molar-refractivity contribution in [1.82, 2.24) is 19.3 Å². The Bertz CT molecular complexity index is 1060. The van der Waals surface area contributed by atoms with Gasteiger partial charge < -0.3 is 9.47 Å². The Kier molecular flexibility index (Phi) is 5.08. The molecule has 10 heteroatoms. The third-order valence-corrected chi connectivity index (χ3v) is 5.43. The van der Waals surface area contributed by atoms with Gasteiger partial charge in [0.2, 0.25) is 0 Å². The first-order valence-corrected chi connectivity index (χ1v) is 9.40. The van der Waals surface area contributed by atoms with Gasteiger partial charge >= 0.3 is 6.18 Å². The molecule has 0 aliphatic carbocycles. The summed E-state index contributed by atoms with van der Waals surface area (Å²) in [5.74, 6) is 0. The molecule has 0 saturated carbocycles. The molecule has 0 radical (unpaired) electrons. The second-order valence-electron chi connectivity index (χ2n) is 6.84. The van der Waals surface area contributed by atoms with Gasteiger partial charge in [-0.25, -0.2) is 4.98 Å². The number of nitrogens with zero attached hydrogens (tertiary/aromatic N) is 5. The summed E-state index contributed by atoms with van der Waals surface area (Å²) >= 11 is 6.29. The zero-order chi connectivity index (χ0) is 20.6. The Labute approximate surface area is 169 Å². The lowest BCUT2D eigenvalue weighted by atomic mass is 10.0. The lowest BCUT2D eigenvalue weighted by molar-refractivity contribution is -0.137. The van der Waals surface area contributed by atoms with Gasteiger partial charge in [-0.15, -0.1) is 0 Å². The standard InChI is InChI=1S/C19H17ClF3N5O/c20-17-16(26-7-4-14(5-8-26)27-9-6-24-12-27)11-25-28(18(17)29)15-3-1-2-13(10-15)19(21,22)23/h1-3,6,9-12,14H,4-5,7-8H2. The van der Waals surface area contributed by atoms with E-state index in [1.807, 2.05) is 11.1 Å². The molecular formula is C19H17ClF3N5O. The predicted octanol–water partition coefficient (Wildman–Crippen LogP) is 3.94. The molecule has 1 aromatic carbocycles. The zero-order valence-electron chi connectivity index (χ0n) is 15.2. The third-order valence-electron chi connectivity index (χ3n) is 5.07. The second kappa shape index (κ2) is 7.55. The minimum absolute atomic E-state index is 0.0112. The number of halogens is 4. The Hall–Kier alpha value is -2.81. The van der Waals surface area contributed by atoms with Gasteiger partial charge in [-0.3, -0.25) is 4.79 Å². The molecule has 1 fully saturated rings. The number of imidazole rings is 1. The van der Waals surface area contributed by atoms with E-state index in [1.54, 1.807) is 12.5 Å². The third kappa shape index (κ3) is 3.87. The van der Waals surface area contributed by atoms with Gasteiger partial charge in [0, 0.05) is 31.5 Å². The van der Waals surface area contributed by atoms with Crippen LogP contribution in [0, 0.1) is 0 Å². The van der Waals surface area contributed by atoms with Crippen molar-refractivity contribution in [3.63, 3.8) is 0 Å². The highest BCUT2D eigenvalue weighted by Gasteiger charge is 2.31. The molecule has 1 aliphatic rings. The SMILES string of the molecule is O=c1c(Cl)c(N2CCC(n3ccnc3)CC2)cnn1-c1cccc(C(F)(F)F)c1. The van der Waals surface area contributed by atoms with Gasteiger partial charge in [-0.2, -0.15) is 23.0 Å². The summed E-state index contributed by atoms with van der Waals surface area (Å²) in [5, 5.41) is 4.02. The number of hydrogen-bond donors (Lipinski definition) is 0. The number of anilines is 1. The van der Waals surface area contributed by atoms with Crippen LogP contribution in [-0.4, -0.2) is 32.4 Å². The van der Waals surface area contributed by atoms with Crippen LogP contribution >= 0.6 is 11.6 Å². The van der Waals surface area contributed by atoms with Crippen molar-refractivity contribution in [3.8, 4) is 5.69 Å². The van der Waals surface area contributed by atoms with E-state index in [0.29, 0.717) is 24.8 Å². The van der Waals surface area contributed by atoms with Gasteiger partial charge in [0.15, 0.2) is 0 Å². The van der Waals surface area contributed by atoms with Crippen LogP contribution in [0.5, 0.6) is 0 Å². The predicted molar refractivity (Wildman–Crippen MR) is 103 cm³/mol. The van der Waals surface area contributed by atoms with Gasteiger partial charge in [0.1, 0.15) is 5.02 Å². The van der Waals surface area contributed by atoms with Crippen molar-refractivity contribution in [2.24, 2.45) is 0 Å². The molecule has 3 heterocycles. The molecule has 0 spiro atoms. The summed E-state index contributed by atoms with van der Waals surface area (Å²) in [7, 11) is 0. The van der Waals surface area contributed by atoms with E-state index in [2.05, 4.69) is 14.6 Å². The molecule has 3 aromatic rings. The average molecular weight is 424 g/mol. The molecular weight excluding hydrogens is 407 g/mol. The summed E-state index contributed by atoms with van der Waals surface area (Å²) < 4.78 is 41.8. The molecule has 0 amide bonds. The molecule has 152 valence electrons. The highest BCUT2D eigenvalue weighted by Crippen LogP contribution is 2.31. The fraction of sp³-hybridized carbons (Fsp3) is 0.316. The second-order valence-corrected chi connectivity index (χ2v) is 7.21. The van der Waals surface area contributed by atoms with E-state index in [9.17, 15) is 18.0 Å². The summed E-state index contributed by atoms with van der Waals surface area (Å²) in [6, 6.07) is 4.76. The average Bonchev–Trinajstić information content (AvgIpc) is 3.24. The molecule has 4 rings (SSSR count). The number of hydrogen-bond acceptors (Lipinski definition) is 4. The Morgan fingerprint density at radius 3 is 2.59 bits per heavy atom. The minimum atomic E-state index is -4.51. The summed E-state index contributed by atoms with van der Waals surface area (Å²) in [6.45, 7) is 1.36. The van der Waals surface area contributed by atoms with E-state index in [-0.39, 0.29) is 10.7 Å². The fourth-order valence-electron chi connectivity index (χ4n) is 3.53. The Morgan fingerprint density at radius 1 is 1.17 bits per heavy atom. The Balaban J connectivity index is 1.58. The topological polar surface area (TPSA) is 56.0 Å². The quantitative estimate of drug-likeness (QED) is 0.640. The molecule has 29 heavy (non-hydrogen) atoms. The lowest BCUT2D eigenvalue weighted by Crippen LogP contribution is -2.36. The van der Waals surface area contributed by atoms with Crippen LogP contribution in [-0.2, 0) is 6.18 Å². The van der Waals surface area contributed by atoms with E-state index in [1.165, 1.54) is 18.3 Å². The Morgan fingerprint density at radius 2 is 1.93 bits per heavy atom. The maximum atomic E-state index is 13.0. The fourth-order valence-corrected chi connectivity index (χ4v) is 3.78. The lowest BCUT2D eigenvalue weighted by Gasteiger charge is -2.34. The molecule has 0 bridgehead atoms. The van der Waals surface area contributed by atoms with E-state index in [0.717, 1.165) is 29.7 Å². The zero-order valence-corrected chi connectivity index (χ0v) is 15.9. The van der Waals surface area contributed by atoms with E-state index < -0.39 is 17.3 Å². The molecule has 0 atom stereocenters. The van der Waals surface area contributed by atoms with Crippen LogP contribution in [0.4, 0.5) is 18.9 Å². The highest BCUT2D eigenvalue weighted by atomic mass is 35.5. The van der Waals surface area contributed by atoms with E-state index in [4.69, 9.17) is 11.6 Å². The first kappa shape index (κ1) is 19.5. The number of alkyl halides is 3. The molecule has 2 aromatic heterocycles. The largest absolute Gasteiger partial charge is 0.416 e. The summed E-state index contributed by atoms with van der Waals surface area (Å²) in [5.41, 5.74) is -1.01. The summed E-state index contributed by atoms with van der Waals surface area (Å²) in [6.07, 6.45) is 4.06. The van der Waals surface area contributed by atoms with Crippen molar-refractivity contribution in [2.75, 3.05) is 18.0 Å². The van der Waals surface area contributed by atoms with Gasteiger partial charge in [0.05, 0.1) is 29.5 Å². The van der Waals surface area contributed by atoms with Crippen molar-refractivity contribution in [3.05, 3.63) is 70.1 Å². The van der Waals surface area contributed by atoms with Gasteiger partial charge in [-0.05, 0) is 31.0 Å². The first-order valence-electron chi connectivity index (χ1n) is 9.02. The molecule has 0 unspecified atom stereocenters. The number of aromatic nitrogens is 4. The smallest absolute Gasteiger partial charge is 0.369 e. The highest BCUT2D eigenvalue weighted by molar-refractivity contribution is 6.33. The normalized spacial score (nSPS) is 15.7. The van der Waals surface area contributed by atoms with Crippen LogP contribution in [0.15, 0.2) is 54.0 Å². The monoisotopic (exact) mass is 423 g/mol. The van der Waals surface area contributed by atoms with Gasteiger partial charge in [0.25, 0.3) is 5.56 Å². The summed E-state index contributed by atoms with van der Waals surface area (Å²) in [4.78, 5) is 18.7. The maximum absolute atomic E-state index is 13.0. The first-order chi connectivity index (χ1) is 13.8. The molecule has 1 aliphatic heterocycles. The molecule has 0 N–H and O–H groups in total. The maximum Gasteiger partial charge on any atom is 0.416 e. The van der Waals surface area contributed by atoms with Crippen LogP contribution in [0.3, 0.4) is 0 Å². The number of rotatable bonds is 3. The van der Waals surface area contributed by atoms with Crippen LogP contribution < -0.4 is 10.5 Å². The number of piperidine rings is 1.